The van der Waals surface area contributed by atoms with Crippen molar-refractivity contribution in [2.45, 2.75) is 43.7 Å². The molecule has 0 bridgehead atoms. The van der Waals surface area contributed by atoms with E-state index in [-0.39, 0.29) is 29.4 Å². The highest BCUT2D eigenvalue weighted by Crippen LogP contribution is 2.37. The highest BCUT2D eigenvalue weighted by molar-refractivity contribution is 7.89. The van der Waals surface area contributed by atoms with Crippen LogP contribution in [0.25, 0.3) is 0 Å². The lowest BCUT2D eigenvalue weighted by Crippen LogP contribution is -2.47. The van der Waals surface area contributed by atoms with Gasteiger partial charge in [0.05, 0.1) is 28.6 Å². The second-order valence-corrected chi connectivity index (χ2v) is 10.4. The number of hydrogen-bond donors (Lipinski definition) is 1. The van der Waals surface area contributed by atoms with Crippen LogP contribution >= 0.6 is 0 Å². The lowest BCUT2D eigenvalue weighted by atomic mass is 9.90. The van der Waals surface area contributed by atoms with Crippen LogP contribution in [-0.2, 0) is 14.8 Å². The smallest absolute Gasteiger partial charge is 0.243 e. The van der Waals surface area contributed by atoms with E-state index in [2.05, 4.69) is 10.3 Å². The van der Waals surface area contributed by atoms with E-state index in [0.717, 1.165) is 17.0 Å². The molecule has 2 heterocycles. The number of aryl methyl sites for hydroxylation is 1. The number of hydrogen-bond acceptors (Lipinski definition) is 4. The van der Waals surface area contributed by atoms with Gasteiger partial charge in [0, 0.05) is 12.2 Å². The van der Waals surface area contributed by atoms with Crippen molar-refractivity contribution in [1.82, 2.24) is 14.6 Å². The van der Waals surface area contributed by atoms with E-state index in [0.29, 0.717) is 12.8 Å². The number of nitrogens with one attached hydrogen (secondary N) is 1. The van der Waals surface area contributed by atoms with Crippen molar-refractivity contribution in [3.63, 3.8) is 0 Å². The van der Waals surface area contributed by atoms with Gasteiger partial charge in [-0.2, -0.15) is 4.31 Å². The van der Waals surface area contributed by atoms with Crippen LogP contribution in [0.4, 0.5) is 0 Å². The summed E-state index contributed by atoms with van der Waals surface area (Å²) < 4.78 is 28.7. The lowest BCUT2D eigenvalue weighted by Gasteiger charge is -2.38. The van der Waals surface area contributed by atoms with Crippen LogP contribution in [0.1, 0.15) is 48.8 Å². The minimum Gasteiger partial charge on any atom is -0.348 e. The summed E-state index contributed by atoms with van der Waals surface area (Å²) in [5.74, 6) is -0.582. The van der Waals surface area contributed by atoms with Crippen LogP contribution in [0.15, 0.2) is 83.8 Å². The molecule has 4 rings (SSSR count). The molecular weight excluding hydrogens is 434 g/mol. The van der Waals surface area contributed by atoms with Crippen molar-refractivity contribution in [2.24, 2.45) is 5.92 Å². The number of piperidine rings is 1. The summed E-state index contributed by atoms with van der Waals surface area (Å²) in [6.45, 7) is 3.94. The summed E-state index contributed by atoms with van der Waals surface area (Å²) in [5, 5.41) is 3.04. The minimum atomic E-state index is -3.77. The van der Waals surface area contributed by atoms with Crippen LogP contribution < -0.4 is 5.32 Å². The normalized spacial score (nSPS) is 20.2. The summed E-state index contributed by atoms with van der Waals surface area (Å²) in [6, 6.07) is 23.2. The van der Waals surface area contributed by atoms with E-state index in [1.165, 1.54) is 4.31 Å². The molecule has 0 spiro atoms. The molecular formula is C26H29N3O3S. The summed E-state index contributed by atoms with van der Waals surface area (Å²) in [6.07, 6.45) is 1.19. The Balaban J connectivity index is 1.58. The number of amides is 1. The Morgan fingerprint density at radius 2 is 1.64 bits per heavy atom. The molecule has 2 aromatic carbocycles. The number of pyridine rings is 1. The zero-order chi connectivity index (χ0) is 23.4. The molecule has 6 nitrogen and oxygen atoms in total. The first-order valence-electron chi connectivity index (χ1n) is 11.2. The minimum absolute atomic E-state index is 0.136. The van der Waals surface area contributed by atoms with Gasteiger partial charge >= 0.3 is 0 Å². The third kappa shape index (κ3) is 5.15. The van der Waals surface area contributed by atoms with Crippen LogP contribution in [-0.4, -0.2) is 30.2 Å². The molecule has 1 fully saturated rings. The largest absolute Gasteiger partial charge is 0.348 e. The fourth-order valence-electron chi connectivity index (χ4n) is 4.36. The predicted molar refractivity (Wildman–Crippen MR) is 128 cm³/mol. The summed E-state index contributed by atoms with van der Waals surface area (Å²) in [4.78, 5) is 17.9. The Morgan fingerprint density at radius 1 is 0.970 bits per heavy atom. The third-order valence-corrected chi connectivity index (χ3v) is 8.04. The van der Waals surface area contributed by atoms with Crippen LogP contribution in [0, 0.1) is 12.8 Å². The van der Waals surface area contributed by atoms with E-state index in [9.17, 15) is 13.2 Å². The molecule has 1 aliphatic rings. The van der Waals surface area contributed by atoms with Crippen molar-refractivity contribution >= 4 is 15.9 Å². The number of carbonyl (C=O) groups excluding carboxylic acids is 1. The van der Waals surface area contributed by atoms with Gasteiger partial charge in [-0.1, -0.05) is 54.6 Å². The second-order valence-electron chi connectivity index (χ2n) is 8.52. The van der Waals surface area contributed by atoms with Gasteiger partial charge in [0.1, 0.15) is 0 Å². The standard InChI is InChI=1S/C26H29N3O3S/c1-19-10-9-15-24(27-19)20(2)28-26(30)22-16-17-25(21-11-5-3-6-12-21)29(18-22)33(31,32)23-13-7-4-8-14-23/h3-15,20,22,25H,16-18H2,1-2H3,(H,28,30). The van der Waals surface area contributed by atoms with Gasteiger partial charge in [-0.15, -0.1) is 0 Å². The van der Waals surface area contributed by atoms with Crippen molar-refractivity contribution in [2.75, 3.05) is 6.54 Å². The first kappa shape index (κ1) is 23.1. The molecule has 0 radical (unpaired) electrons. The Bertz CT molecular complexity index is 1200. The molecule has 1 aromatic heterocycles. The van der Waals surface area contributed by atoms with Gasteiger partial charge < -0.3 is 5.32 Å². The second kappa shape index (κ2) is 9.85. The van der Waals surface area contributed by atoms with E-state index in [4.69, 9.17) is 0 Å². The van der Waals surface area contributed by atoms with Gasteiger partial charge in [-0.25, -0.2) is 8.42 Å². The lowest BCUT2D eigenvalue weighted by molar-refractivity contribution is -0.127. The molecule has 3 unspecified atom stereocenters. The van der Waals surface area contributed by atoms with Crippen molar-refractivity contribution in [1.29, 1.82) is 0 Å². The highest BCUT2D eigenvalue weighted by Gasteiger charge is 2.40. The average Bonchev–Trinajstić information content (AvgIpc) is 2.84. The average molecular weight is 464 g/mol. The first-order valence-corrected chi connectivity index (χ1v) is 12.7. The topological polar surface area (TPSA) is 79.4 Å². The monoisotopic (exact) mass is 463 g/mol. The van der Waals surface area contributed by atoms with Crippen molar-refractivity contribution < 1.29 is 13.2 Å². The van der Waals surface area contributed by atoms with E-state index < -0.39 is 15.9 Å². The molecule has 33 heavy (non-hydrogen) atoms. The number of sulfonamides is 1. The molecule has 3 aromatic rings. The Kier molecular flexibility index (Phi) is 6.91. The van der Waals surface area contributed by atoms with Crippen molar-refractivity contribution in [3.05, 3.63) is 95.8 Å². The molecule has 0 aliphatic carbocycles. The maximum atomic E-state index is 13.6. The zero-order valence-electron chi connectivity index (χ0n) is 18.9. The summed E-state index contributed by atoms with van der Waals surface area (Å²) >= 11 is 0. The first-order chi connectivity index (χ1) is 15.9. The van der Waals surface area contributed by atoms with Crippen LogP contribution in [0.5, 0.6) is 0 Å². The van der Waals surface area contributed by atoms with Gasteiger partial charge in [-0.3, -0.25) is 9.78 Å². The third-order valence-electron chi connectivity index (χ3n) is 6.15. The quantitative estimate of drug-likeness (QED) is 0.587. The van der Waals surface area contributed by atoms with Gasteiger partial charge in [-0.05, 0) is 56.5 Å². The molecule has 1 N–H and O–H groups in total. The molecule has 0 saturated carbocycles. The molecule has 7 heteroatoms. The maximum absolute atomic E-state index is 13.6. The number of carbonyl (C=O) groups is 1. The number of rotatable bonds is 6. The molecule has 172 valence electrons. The molecule has 1 saturated heterocycles. The molecule has 1 aliphatic heterocycles. The maximum Gasteiger partial charge on any atom is 0.243 e. The number of nitrogens with zero attached hydrogens (tertiary/aromatic N) is 2. The number of aromatic nitrogens is 1. The van der Waals surface area contributed by atoms with E-state index in [1.807, 2.05) is 62.4 Å². The summed E-state index contributed by atoms with van der Waals surface area (Å²) in [5.41, 5.74) is 2.61. The van der Waals surface area contributed by atoms with Gasteiger partial charge in [0.15, 0.2) is 0 Å². The van der Waals surface area contributed by atoms with Gasteiger partial charge in [0.2, 0.25) is 15.9 Å². The molecule has 3 atom stereocenters. The van der Waals surface area contributed by atoms with Crippen molar-refractivity contribution in [3.8, 4) is 0 Å². The Hall–Kier alpha value is -3.03. The molecule has 1 amide bonds. The van der Waals surface area contributed by atoms with Crippen LogP contribution in [0.3, 0.4) is 0 Å². The van der Waals surface area contributed by atoms with E-state index in [1.54, 1.807) is 30.3 Å². The number of benzene rings is 2. The Labute approximate surface area is 195 Å². The predicted octanol–water partition coefficient (Wildman–Crippen LogP) is 4.41. The highest BCUT2D eigenvalue weighted by atomic mass is 32.2. The zero-order valence-corrected chi connectivity index (χ0v) is 19.7. The SMILES string of the molecule is Cc1cccc(C(C)NC(=O)C2CCC(c3ccccc3)N(S(=O)(=O)c3ccccc3)C2)n1. The fraction of sp³-hybridized carbons (Fsp3) is 0.308. The fourth-order valence-corrected chi connectivity index (χ4v) is 6.08. The van der Waals surface area contributed by atoms with Gasteiger partial charge in [0.25, 0.3) is 0 Å². The summed E-state index contributed by atoms with van der Waals surface area (Å²) in [7, 11) is -3.77. The van der Waals surface area contributed by atoms with E-state index >= 15 is 0 Å². The van der Waals surface area contributed by atoms with Crippen LogP contribution in [0.2, 0.25) is 0 Å². The Morgan fingerprint density at radius 3 is 2.30 bits per heavy atom.